The van der Waals surface area contributed by atoms with Gasteiger partial charge in [0.2, 0.25) is 0 Å². The van der Waals surface area contributed by atoms with Crippen LogP contribution in [0.5, 0.6) is 0 Å². The van der Waals surface area contributed by atoms with E-state index in [1.165, 1.54) is 10.9 Å². The second kappa shape index (κ2) is 5.69. The standard InChI is InChI=1S/C16H15FN2OS/c1-2-10-6-7-11(21-10)9-18-16(20)15-8-12-13(17)4-3-5-14(12)19-15/h3-8,19H,2,9H2,1H3,(H,18,20). The molecule has 2 N–H and O–H groups in total. The molecule has 21 heavy (non-hydrogen) atoms. The summed E-state index contributed by atoms with van der Waals surface area (Å²) in [5.74, 6) is -0.550. The van der Waals surface area contributed by atoms with Gasteiger partial charge in [-0.15, -0.1) is 11.3 Å². The summed E-state index contributed by atoms with van der Waals surface area (Å²) in [4.78, 5) is 17.5. The molecule has 0 aliphatic heterocycles. The maximum Gasteiger partial charge on any atom is 0.268 e. The number of thiophene rings is 1. The number of halogens is 1. The van der Waals surface area contributed by atoms with Crippen molar-refractivity contribution in [1.29, 1.82) is 0 Å². The first-order valence-electron chi connectivity index (χ1n) is 6.80. The molecule has 0 aliphatic carbocycles. The highest BCUT2D eigenvalue weighted by atomic mass is 32.1. The van der Waals surface area contributed by atoms with Gasteiger partial charge in [0, 0.05) is 20.7 Å². The number of aromatic nitrogens is 1. The van der Waals surface area contributed by atoms with Gasteiger partial charge in [-0.05, 0) is 36.8 Å². The molecule has 0 bridgehead atoms. The fraction of sp³-hybridized carbons (Fsp3) is 0.188. The molecule has 3 rings (SSSR count). The molecule has 0 atom stereocenters. The van der Waals surface area contributed by atoms with Crippen LogP contribution < -0.4 is 5.32 Å². The molecule has 2 aromatic heterocycles. The number of fused-ring (bicyclic) bond motifs is 1. The van der Waals surface area contributed by atoms with Crippen LogP contribution >= 0.6 is 11.3 Å². The second-order valence-corrected chi connectivity index (χ2v) is 6.04. The first-order chi connectivity index (χ1) is 10.2. The molecule has 3 nitrogen and oxygen atoms in total. The number of nitrogens with one attached hydrogen (secondary N) is 2. The topological polar surface area (TPSA) is 44.9 Å². The number of benzene rings is 1. The van der Waals surface area contributed by atoms with Crippen LogP contribution in [0.25, 0.3) is 10.9 Å². The van der Waals surface area contributed by atoms with Crippen LogP contribution in [0.3, 0.4) is 0 Å². The maximum absolute atomic E-state index is 13.6. The van der Waals surface area contributed by atoms with Crippen molar-refractivity contribution >= 4 is 28.1 Å². The van der Waals surface area contributed by atoms with Gasteiger partial charge < -0.3 is 10.3 Å². The summed E-state index contributed by atoms with van der Waals surface area (Å²) < 4.78 is 13.6. The van der Waals surface area contributed by atoms with E-state index in [0.29, 0.717) is 23.1 Å². The molecule has 0 saturated heterocycles. The Balaban J connectivity index is 1.73. The average Bonchev–Trinajstić information content (AvgIpc) is 3.12. The number of aryl methyl sites for hydroxylation is 1. The van der Waals surface area contributed by atoms with E-state index in [1.807, 2.05) is 6.07 Å². The molecule has 1 amide bonds. The molecule has 0 spiro atoms. The Morgan fingerprint density at radius 2 is 2.10 bits per heavy atom. The molecular weight excluding hydrogens is 287 g/mol. The van der Waals surface area contributed by atoms with Crippen molar-refractivity contribution in [3.05, 3.63) is 57.7 Å². The Hall–Kier alpha value is -2.14. The number of rotatable bonds is 4. The van der Waals surface area contributed by atoms with Crippen LogP contribution in [0.1, 0.15) is 27.2 Å². The van der Waals surface area contributed by atoms with Crippen molar-refractivity contribution in [2.24, 2.45) is 0 Å². The van der Waals surface area contributed by atoms with Crippen LogP contribution in [0.4, 0.5) is 4.39 Å². The minimum Gasteiger partial charge on any atom is -0.350 e. The second-order valence-electron chi connectivity index (χ2n) is 4.79. The normalized spacial score (nSPS) is 11.0. The zero-order valence-electron chi connectivity index (χ0n) is 11.6. The summed E-state index contributed by atoms with van der Waals surface area (Å²) in [7, 11) is 0. The summed E-state index contributed by atoms with van der Waals surface area (Å²) in [6, 6.07) is 10.4. The Morgan fingerprint density at radius 3 is 2.81 bits per heavy atom. The smallest absolute Gasteiger partial charge is 0.268 e. The molecule has 0 saturated carbocycles. The quantitative estimate of drug-likeness (QED) is 0.755. The van der Waals surface area contributed by atoms with Gasteiger partial charge in [0.1, 0.15) is 11.5 Å². The molecule has 108 valence electrons. The number of hydrogen-bond acceptors (Lipinski definition) is 2. The number of H-pyrrole nitrogens is 1. The first-order valence-corrected chi connectivity index (χ1v) is 7.62. The maximum atomic E-state index is 13.6. The number of amides is 1. The van der Waals surface area contributed by atoms with Crippen LogP contribution in [-0.2, 0) is 13.0 Å². The summed E-state index contributed by atoms with van der Waals surface area (Å²) in [6.07, 6.45) is 1.000. The van der Waals surface area contributed by atoms with Crippen molar-refractivity contribution in [3.8, 4) is 0 Å². The molecular formula is C16H15FN2OS. The van der Waals surface area contributed by atoms with Gasteiger partial charge in [0.25, 0.3) is 5.91 Å². The SMILES string of the molecule is CCc1ccc(CNC(=O)c2cc3c(F)cccc3[nH]2)s1. The van der Waals surface area contributed by atoms with Gasteiger partial charge in [-0.25, -0.2) is 4.39 Å². The van der Waals surface area contributed by atoms with Crippen molar-refractivity contribution in [1.82, 2.24) is 10.3 Å². The Kier molecular flexibility index (Phi) is 3.75. The van der Waals surface area contributed by atoms with Crippen LogP contribution in [0, 0.1) is 5.82 Å². The van der Waals surface area contributed by atoms with Gasteiger partial charge in [0.15, 0.2) is 0 Å². The Labute approximate surface area is 125 Å². The number of hydrogen-bond donors (Lipinski definition) is 2. The fourth-order valence-corrected chi connectivity index (χ4v) is 3.11. The molecule has 5 heteroatoms. The van der Waals surface area contributed by atoms with E-state index in [9.17, 15) is 9.18 Å². The van der Waals surface area contributed by atoms with E-state index in [1.54, 1.807) is 29.5 Å². The lowest BCUT2D eigenvalue weighted by Crippen LogP contribution is -2.22. The van der Waals surface area contributed by atoms with E-state index in [4.69, 9.17) is 0 Å². The third kappa shape index (κ3) is 2.83. The van der Waals surface area contributed by atoms with Crippen molar-refractivity contribution in [2.75, 3.05) is 0 Å². The van der Waals surface area contributed by atoms with Gasteiger partial charge in [-0.2, -0.15) is 0 Å². The van der Waals surface area contributed by atoms with E-state index in [0.717, 1.165) is 11.3 Å². The van der Waals surface area contributed by atoms with Crippen LogP contribution in [-0.4, -0.2) is 10.9 Å². The zero-order chi connectivity index (χ0) is 14.8. The number of carbonyl (C=O) groups is 1. The van der Waals surface area contributed by atoms with E-state index >= 15 is 0 Å². The third-order valence-electron chi connectivity index (χ3n) is 3.34. The third-order valence-corrected chi connectivity index (χ3v) is 4.57. The summed E-state index contributed by atoms with van der Waals surface area (Å²) in [5, 5.41) is 3.29. The first kappa shape index (κ1) is 13.8. The lowest BCUT2D eigenvalue weighted by atomic mass is 10.2. The lowest BCUT2D eigenvalue weighted by Gasteiger charge is -2.01. The Bertz CT molecular complexity index is 791. The zero-order valence-corrected chi connectivity index (χ0v) is 12.4. The monoisotopic (exact) mass is 302 g/mol. The molecule has 3 aromatic rings. The largest absolute Gasteiger partial charge is 0.350 e. The van der Waals surface area contributed by atoms with Gasteiger partial charge in [-0.3, -0.25) is 4.79 Å². The summed E-state index contributed by atoms with van der Waals surface area (Å²) >= 11 is 1.69. The van der Waals surface area contributed by atoms with Gasteiger partial charge >= 0.3 is 0 Å². The Morgan fingerprint density at radius 1 is 1.29 bits per heavy atom. The molecule has 2 heterocycles. The highest BCUT2D eigenvalue weighted by Gasteiger charge is 2.11. The predicted octanol–water partition coefficient (Wildman–Crippen LogP) is 3.86. The summed E-state index contributed by atoms with van der Waals surface area (Å²) in [6.45, 7) is 2.59. The fourth-order valence-electron chi connectivity index (χ4n) is 2.21. The average molecular weight is 302 g/mol. The molecule has 0 aliphatic rings. The molecule has 0 fully saturated rings. The highest BCUT2D eigenvalue weighted by molar-refractivity contribution is 7.11. The number of carbonyl (C=O) groups excluding carboxylic acids is 1. The molecule has 1 aromatic carbocycles. The minimum absolute atomic E-state index is 0.225. The van der Waals surface area contributed by atoms with Crippen molar-refractivity contribution in [2.45, 2.75) is 19.9 Å². The molecule has 0 radical (unpaired) electrons. The van der Waals surface area contributed by atoms with Crippen LogP contribution in [0.15, 0.2) is 36.4 Å². The van der Waals surface area contributed by atoms with Gasteiger partial charge in [-0.1, -0.05) is 13.0 Å². The lowest BCUT2D eigenvalue weighted by molar-refractivity contribution is 0.0947. The highest BCUT2D eigenvalue weighted by Crippen LogP contribution is 2.19. The van der Waals surface area contributed by atoms with Crippen molar-refractivity contribution < 1.29 is 9.18 Å². The van der Waals surface area contributed by atoms with E-state index in [2.05, 4.69) is 23.3 Å². The molecule has 0 unspecified atom stereocenters. The minimum atomic E-state index is -0.325. The van der Waals surface area contributed by atoms with Crippen molar-refractivity contribution in [3.63, 3.8) is 0 Å². The van der Waals surface area contributed by atoms with E-state index < -0.39 is 0 Å². The predicted molar refractivity (Wildman–Crippen MR) is 83.1 cm³/mol. The van der Waals surface area contributed by atoms with E-state index in [-0.39, 0.29) is 11.7 Å². The van der Waals surface area contributed by atoms with Gasteiger partial charge in [0.05, 0.1) is 6.54 Å². The van der Waals surface area contributed by atoms with Crippen LogP contribution in [0.2, 0.25) is 0 Å². The summed E-state index contributed by atoms with van der Waals surface area (Å²) in [5.41, 5.74) is 1.01. The number of aromatic amines is 1.